The van der Waals surface area contributed by atoms with Crippen molar-refractivity contribution in [1.29, 1.82) is 0 Å². The second-order valence-corrected chi connectivity index (χ2v) is 7.46. The van der Waals surface area contributed by atoms with Crippen LogP contribution in [0.2, 0.25) is 5.02 Å². The summed E-state index contributed by atoms with van der Waals surface area (Å²) in [5, 5.41) is 0.632. The van der Waals surface area contributed by atoms with Crippen molar-refractivity contribution < 1.29 is 13.9 Å². The zero-order chi connectivity index (χ0) is 21.1. The van der Waals surface area contributed by atoms with Crippen LogP contribution in [0.4, 0.5) is 10.3 Å². The molecule has 154 valence electrons. The molecule has 8 heteroatoms. The van der Waals surface area contributed by atoms with E-state index in [4.69, 9.17) is 22.1 Å². The van der Waals surface area contributed by atoms with Crippen molar-refractivity contribution in [2.24, 2.45) is 0 Å². The number of aromatic nitrogens is 2. The van der Waals surface area contributed by atoms with Crippen LogP contribution in [-0.4, -0.2) is 33.9 Å². The first-order valence-electron chi connectivity index (χ1n) is 9.57. The predicted octanol–water partition coefficient (Wildman–Crippen LogP) is 4.26. The van der Waals surface area contributed by atoms with Crippen LogP contribution in [0, 0.1) is 5.82 Å². The molecule has 1 atom stereocenters. The van der Waals surface area contributed by atoms with Gasteiger partial charge in [-0.25, -0.2) is 14.4 Å². The number of nitrogens with two attached hydrogens (primary N) is 1. The largest absolute Gasteiger partial charge is 0.484 e. The zero-order valence-electron chi connectivity index (χ0n) is 16.1. The van der Waals surface area contributed by atoms with E-state index in [0.717, 1.165) is 24.0 Å². The van der Waals surface area contributed by atoms with Gasteiger partial charge in [0, 0.05) is 23.3 Å². The minimum absolute atomic E-state index is 0.140. The summed E-state index contributed by atoms with van der Waals surface area (Å²) in [5.41, 5.74) is 8.28. The van der Waals surface area contributed by atoms with Gasteiger partial charge in [0.1, 0.15) is 11.6 Å². The van der Waals surface area contributed by atoms with Crippen molar-refractivity contribution in [2.75, 3.05) is 18.9 Å². The summed E-state index contributed by atoms with van der Waals surface area (Å²) in [7, 11) is 0. The number of rotatable bonds is 5. The summed E-state index contributed by atoms with van der Waals surface area (Å²) in [4.78, 5) is 23.2. The van der Waals surface area contributed by atoms with Crippen molar-refractivity contribution >= 4 is 23.5 Å². The number of hydrogen-bond acceptors (Lipinski definition) is 5. The second kappa shape index (κ2) is 8.67. The van der Waals surface area contributed by atoms with E-state index in [1.807, 2.05) is 12.1 Å². The summed E-state index contributed by atoms with van der Waals surface area (Å²) in [6.07, 6.45) is 3.28. The van der Waals surface area contributed by atoms with Crippen LogP contribution < -0.4 is 10.5 Å². The molecule has 6 nitrogen and oxygen atoms in total. The van der Waals surface area contributed by atoms with Crippen LogP contribution >= 0.6 is 11.6 Å². The van der Waals surface area contributed by atoms with Gasteiger partial charge in [-0.05, 0) is 54.8 Å². The molecule has 1 aliphatic rings. The number of anilines is 1. The molecule has 1 saturated heterocycles. The highest BCUT2D eigenvalue weighted by Gasteiger charge is 2.33. The molecule has 0 aliphatic carbocycles. The number of ether oxygens (including phenoxy) is 1. The molecule has 2 N–H and O–H groups in total. The monoisotopic (exact) mass is 426 g/mol. The van der Waals surface area contributed by atoms with E-state index in [0.29, 0.717) is 23.0 Å². The third-order valence-electron chi connectivity index (χ3n) is 5.06. The molecule has 0 bridgehead atoms. The van der Waals surface area contributed by atoms with E-state index >= 15 is 0 Å². The van der Waals surface area contributed by atoms with Crippen molar-refractivity contribution in [1.82, 2.24) is 14.9 Å². The SMILES string of the molecule is Nc1ncc(-c2ccc(Cl)cc2)c([C@@H]2CCCN2C(=O)COc2ccc(F)cc2)n1. The molecule has 0 radical (unpaired) electrons. The van der Waals surface area contributed by atoms with Crippen LogP contribution in [0.15, 0.2) is 54.7 Å². The van der Waals surface area contributed by atoms with Gasteiger partial charge in [0.25, 0.3) is 5.91 Å². The standard InChI is InChI=1S/C22H20ClFN4O2/c23-15-5-3-14(4-6-15)18-12-26-22(25)27-21(18)19-2-1-11-28(19)20(29)13-30-17-9-7-16(24)8-10-17/h3-10,12,19H,1-2,11,13H2,(H2,25,26,27)/t19-/m0/s1. The van der Waals surface area contributed by atoms with Gasteiger partial charge in [-0.3, -0.25) is 4.79 Å². The molecular weight excluding hydrogens is 407 g/mol. The Morgan fingerprint density at radius 3 is 2.67 bits per heavy atom. The lowest BCUT2D eigenvalue weighted by atomic mass is 10.00. The smallest absolute Gasteiger partial charge is 0.261 e. The maximum atomic E-state index is 13.0. The Hall–Kier alpha value is -3.19. The molecule has 1 aliphatic heterocycles. The zero-order valence-corrected chi connectivity index (χ0v) is 16.8. The fourth-order valence-electron chi connectivity index (χ4n) is 3.62. The highest BCUT2D eigenvalue weighted by Crippen LogP contribution is 2.37. The molecule has 2 heterocycles. The van der Waals surface area contributed by atoms with Crippen LogP contribution in [0.1, 0.15) is 24.6 Å². The Balaban J connectivity index is 1.57. The average molecular weight is 427 g/mol. The van der Waals surface area contributed by atoms with E-state index in [1.54, 1.807) is 23.2 Å². The van der Waals surface area contributed by atoms with E-state index in [-0.39, 0.29) is 30.3 Å². The summed E-state index contributed by atoms with van der Waals surface area (Å²) in [6.45, 7) is 0.458. The number of amides is 1. The van der Waals surface area contributed by atoms with Gasteiger partial charge in [-0.2, -0.15) is 0 Å². The highest BCUT2D eigenvalue weighted by atomic mass is 35.5. The lowest BCUT2D eigenvalue weighted by molar-refractivity contribution is -0.134. The maximum Gasteiger partial charge on any atom is 0.261 e. The molecular formula is C22H20ClFN4O2. The number of halogens is 2. The topological polar surface area (TPSA) is 81.3 Å². The van der Waals surface area contributed by atoms with E-state index in [1.165, 1.54) is 24.3 Å². The number of likely N-dealkylation sites (tertiary alicyclic amines) is 1. The maximum absolute atomic E-state index is 13.0. The number of carbonyl (C=O) groups is 1. The Morgan fingerprint density at radius 2 is 1.93 bits per heavy atom. The molecule has 3 aromatic rings. The highest BCUT2D eigenvalue weighted by molar-refractivity contribution is 6.30. The fraction of sp³-hybridized carbons (Fsp3) is 0.227. The quantitative estimate of drug-likeness (QED) is 0.659. The number of hydrogen-bond donors (Lipinski definition) is 1. The number of nitrogen functional groups attached to an aromatic ring is 1. The average Bonchev–Trinajstić information content (AvgIpc) is 3.24. The minimum atomic E-state index is -0.357. The van der Waals surface area contributed by atoms with E-state index in [2.05, 4.69) is 9.97 Å². The normalized spacial score (nSPS) is 15.9. The van der Waals surface area contributed by atoms with Crippen molar-refractivity contribution in [3.63, 3.8) is 0 Å². The Morgan fingerprint density at radius 1 is 1.20 bits per heavy atom. The molecule has 0 unspecified atom stereocenters. The van der Waals surface area contributed by atoms with Gasteiger partial charge in [0.15, 0.2) is 6.61 Å². The molecule has 1 amide bonds. The first-order chi connectivity index (χ1) is 14.5. The molecule has 1 fully saturated rings. The number of nitrogens with zero attached hydrogens (tertiary/aromatic N) is 3. The van der Waals surface area contributed by atoms with Gasteiger partial charge in [0.05, 0.1) is 11.7 Å². The van der Waals surface area contributed by atoms with Gasteiger partial charge in [0.2, 0.25) is 5.95 Å². The summed E-state index contributed by atoms with van der Waals surface area (Å²) in [6, 6.07) is 12.7. The third-order valence-corrected chi connectivity index (χ3v) is 5.31. The molecule has 1 aromatic heterocycles. The van der Waals surface area contributed by atoms with Crippen LogP contribution in [0.5, 0.6) is 5.75 Å². The third kappa shape index (κ3) is 4.36. The first kappa shape index (κ1) is 20.1. The number of carbonyl (C=O) groups excluding carboxylic acids is 1. The van der Waals surface area contributed by atoms with Gasteiger partial charge in [-0.15, -0.1) is 0 Å². The molecule has 2 aromatic carbocycles. The molecule has 0 spiro atoms. The van der Waals surface area contributed by atoms with E-state index < -0.39 is 0 Å². The van der Waals surface area contributed by atoms with E-state index in [9.17, 15) is 9.18 Å². The van der Waals surface area contributed by atoms with Gasteiger partial charge >= 0.3 is 0 Å². The first-order valence-corrected chi connectivity index (χ1v) is 9.95. The number of benzene rings is 2. The lowest BCUT2D eigenvalue weighted by Gasteiger charge is -2.26. The summed E-state index contributed by atoms with van der Waals surface area (Å²) in [5.74, 6) is 0.0728. The Kier molecular flexibility index (Phi) is 5.81. The van der Waals surface area contributed by atoms with Crippen molar-refractivity contribution in [3.05, 3.63) is 71.3 Å². The van der Waals surface area contributed by atoms with Crippen molar-refractivity contribution in [3.8, 4) is 16.9 Å². The lowest BCUT2D eigenvalue weighted by Crippen LogP contribution is -2.35. The van der Waals surface area contributed by atoms with Crippen molar-refractivity contribution in [2.45, 2.75) is 18.9 Å². The second-order valence-electron chi connectivity index (χ2n) is 7.02. The van der Waals surface area contributed by atoms with Crippen LogP contribution in [-0.2, 0) is 4.79 Å². The van der Waals surface area contributed by atoms with Gasteiger partial charge < -0.3 is 15.4 Å². The summed E-state index contributed by atoms with van der Waals surface area (Å²) >= 11 is 6.01. The molecule has 0 saturated carbocycles. The fourth-order valence-corrected chi connectivity index (χ4v) is 3.75. The predicted molar refractivity (Wildman–Crippen MR) is 112 cm³/mol. The summed E-state index contributed by atoms with van der Waals surface area (Å²) < 4.78 is 18.6. The minimum Gasteiger partial charge on any atom is -0.484 e. The molecule has 4 rings (SSSR count). The molecule has 30 heavy (non-hydrogen) atoms. The Bertz CT molecular complexity index is 1040. The van der Waals surface area contributed by atoms with Crippen LogP contribution in [0.3, 0.4) is 0 Å². The Labute approximate surface area is 178 Å². The van der Waals surface area contributed by atoms with Crippen LogP contribution in [0.25, 0.3) is 11.1 Å². The van der Waals surface area contributed by atoms with Gasteiger partial charge in [-0.1, -0.05) is 23.7 Å².